The van der Waals surface area contributed by atoms with Crippen LogP contribution in [0.4, 0.5) is 11.4 Å². The van der Waals surface area contributed by atoms with E-state index >= 15 is 0 Å². The Morgan fingerprint density at radius 1 is 1.45 bits per heavy atom. The van der Waals surface area contributed by atoms with Crippen LogP contribution in [0.5, 0.6) is 0 Å². The summed E-state index contributed by atoms with van der Waals surface area (Å²) >= 11 is 0. The fourth-order valence-electron chi connectivity index (χ4n) is 2.31. The average Bonchev–Trinajstić information content (AvgIpc) is 3.17. The fourth-order valence-corrected chi connectivity index (χ4v) is 2.31. The molecule has 0 atom stereocenters. The topological polar surface area (TPSA) is 58.4 Å². The molecule has 0 heterocycles. The Hall–Kier alpha value is -1.55. The maximum atomic E-state index is 12.2. The summed E-state index contributed by atoms with van der Waals surface area (Å²) in [5.41, 5.74) is 8.28. The number of amides is 1. The summed E-state index contributed by atoms with van der Waals surface area (Å²) in [6.45, 7) is 7.68. The molecule has 1 aliphatic carbocycles. The zero-order valence-corrected chi connectivity index (χ0v) is 12.6. The van der Waals surface area contributed by atoms with E-state index in [-0.39, 0.29) is 5.91 Å². The Labute approximate surface area is 121 Å². The van der Waals surface area contributed by atoms with Gasteiger partial charge in [-0.05, 0) is 51.2 Å². The standard InChI is InChI=1S/C16H25N3O/c1-11(2)19(9-13-7-8-13)10-15(20)18-16-12(3)5-4-6-14(16)17/h4-6,11,13H,7-10,17H2,1-3H3,(H,18,20). The molecular weight excluding hydrogens is 250 g/mol. The van der Waals surface area contributed by atoms with Crippen LogP contribution < -0.4 is 11.1 Å². The van der Waals surface area contributed by atoms with Gasteiger partial charge in [-0.2, -0.15) is 0 Å². The van der Waals surface area contributed by atoms with Gasteiger partial charge in [-0.1, -0.05) is 12.1 Å². The number of carbonyl (C=O) groups excluding carboxylic acids is 1. The van der Waals surface area contributed by atoms with Crippen molar-refractivity contribution >= 4 is 17.3 Å². The minimum atomic E-state index is 0.0142. The molecule has 1 fully saturated rings. The number of hydrogen-bond donors (Lipinski definition) is 2. The van der Waals surface area contributed by atoms with Gasteiger partial charge in [-0.15, -0.1) is 0 Å². The zero-order valence-electron chi connectivity index (χ0n) is 12.6. The molecule has 20 heavy (non-hydrogen) atoms. The number of nitrogen functional groups attached to an aromatic ring is 1. The predicted octanol–water partition coefficient (Wildman–Crippen LogP) is 2.64. The van der Waals surface area contributed by atoms with E-state index in [1.807, 2.05) is 25.1 Å². The second-order valence-corrected chi connectivity index (χ2v) is 6.05. The summed E-state index contributed by atoms with van der Waals surface area (Å²) in [4.78, 5) is 14.5. The van der Waals surface area contributed by atoms with Crippen LogP contribution >= 0.6 is 0 Å². The molecule has 0 bridgehead atoms. The summed E-state index contributed by atoms with van der Waals surface area (Å²) in [5.74, 6) is 0.800. The van der Waals surface area contributed by atoms with E-state index in [1.165, 1.54) is 12.8 Å². The van der Waals surface area contributed by atoms with Gasteiger partial charge in [0, 0.05) is 12.6 Å². The van der Waals surface area contributed by atoms with E-state index in [2.05, 4.69) is 24.1 Å². The highest BCUT2D eigenvalue weighted by Gasteiger charge is 2.26. The van der Waals surface area contributed by atoms with Gasteiger partial charge in [0.2, 0.25) is 5.91 Å². The molecule has 0 aromatic heterocycles. The van der Waals surface area contributed by atoms with Gasteiger partial charge in [-0.25, -0.2) is 0 Å². The van der Waals surface area contributed by atoms with Crippen LogP contribution in [0.3, 0.4) is 0 Å². The minimum Gasteiger partial charge on any atom is -0.397 e. The lowest BCUT2D eigenvalue weighted by Crippen LogP contribution is -2.39. The van der Waals surface area contributed by atoms with Crippen LogP contribution in [0, 0.1) is 12.8 Å². The first-order chi connectivity index (χ1) is 9.47. The monoisotopic (exact) mass is 275 g/mol. The van der Waals surface area contributed by atoms with E-state index in [1.54, 1.807) is 0 Å². The Morgan fingerprint density at radius 3 is 2.70 bits per heavy atom. The number of anilines is 2. The average molecular weight is 275 g/mol. The van der Waals surface area contributed by atoms with E-state index in [0.29, 0.717) is 18.3 Å². The number of nitrogens with zero attached hydrogens (tertiary/aromatic N) is 1. The van der Waals surface area contributed by atoms with Crippen molar-refractivity contribution in [2.24, 2.45) is 5.92 Å². The summed E-state index contributed by atoms with van der Waals surface area (Å²) in [5, 5.41) is 2.95. The number of nitrogens with one attached hydrogen (secondary N) is 1. The molecule has 110 valence electrons. The number of rotatable bonds is 6. The third-order valence-electron chi connectivity index (χ3n) is 3.84. The van der Waals surface area contributed by atoms with Crippen molar-refractivity contribution in [1.29, 1.82) is 0 Å². The van der Waals surface area contributed by atoms with Gasteiger partial charge >= 0.3 is 0 Å². The Morgan fingerprint density at radius 2 is 2.15 bits per heavy atom. The van der Waals surface area contributed by atoms with Crippen molar-refractivity contribution in [1.82, 2.24) is 4.90 Å². The largest absolute Gasteiger partial charge is 0.397 e. The van der Waals surface area contributed by atoms with Crippen LogP contribution in [0.2, 0.25) is 0 Å². The van der Waals surface area contributed by atoms with Crippen molar-refractivity contribution in [3.63, 3.8) is 0 Å². The molecule has 0 spiro atoms. The highest BCUT2D eigenvalue weighted by atomic mass is 16.2. The van der Waals surface area contributed by atoms with Crippen molar-refractivity contribution < 1.29 is 4.79 Å². The molecule has 3 N–H and O–H groups in total. The number of nitrogens with two attached hydrogens (primary N) is 1. The molecule has 1 aromatic rings. The summed E-state index contributed by atoms with van der Waals surface area (Å²) < 4.78 is 0. The third-order valence-corrected chi connectivity index (χ3v) is 3.84. The van der Waals surface area contributed by atoms with Gasteiger partial charge in [0.1, 0.15) is 0 Å². The highest BCUT2D eigenvalue weighted by Crippen LogP contribution is 2.30. The van der Waals surface area contributed by atoms with E-state index in [9.17, 15) is 4.79 Å². The molecule has 1 aliphatic rings. The van der Waals surface area contributed by atoms with Crippen LogP contribution in [-0.4, -0.2) is 29.9 Å². The van der Waals surface area contributed by atoms with Crippen LogP contribution in [0.25, 0.3) is 0 Å². The molecular formula is C16H25N3O. The normalized spacial score (nSPS) is 14.8. The van der Waals surface area contributed by atoms with Gasteiger partial charge in [0.15, 0.2) is 0 Å². The van der Waals surface area contributed by atoms with Crippen molar-refractivity contribution in [3.8, 4) is 0 Å². The molecule has 0 radical (unpaired) electrons. The Kier molecular flexibility index (Phi) is 4.65. The molecule has 0 unspecified atom stereocenters. The lowest BCUT2D eigenvalue weighted by atomic mass is 10.1. The third kappa shape index (κ3) is 3.97. The quantitative estimate of drug-likeness (QED) is 0.785. The number of hydrogen-bond acceptors (Lipinski definition) is 3. The number of carbonyl (C=O) groups is 1. The molecule has 4 nitrogen and oxygen atoms in total. The van der Waals surface area contributed by atoms with Crippen LogP contribution in [0.15, 0.2) is 18.2 Å². The second kappa shape index (κ2) is 6.27. The first-order valence-corrected chi connectivity index (χ1v) is 7.36. The molecule has 2 rings (SSSR count). The second-order valence-electron chi connectivity index (χ2n) is 6.05. The number of aryl methyl sites for hydroxylation is 1. The van der Waals surface area contributed by atoms with E-state index in [0.717, 1.165) is 23.7 Å². The van der Waals surface area contributed by atoms with Gasteiger partial charge in [0.25, 0.3) is 0 Å². The summed E-state index contributed by atoms with van der Waals surface area (Å²) in [7, 11) is 0. The van der Waals surface area contributed by atoms with Crippen LogP contribution in [-0.2, 0) is 4.79 Å². The molecule has 1 amide bonds. The summed E-state index contributed by atoms with van der Waals surface area (Å²) in [6.07, 6.45) is 2.60. The minimum absolute atomic E-state index is 0.0142. The maximum Gasteiger partial charge on any atom is 0.238 e. The Bertz CT molecular complexity index is 460. The van der Waals surface area contributed by atoms with Crippen LogP contribution in [0.1, 0.15) is 32.3 Å². The zero-order chi connectivity index (χ0) is 14.7. The number of benzene rings is 1. The lowest BCUT2D eigenvalue weighted by molar-refractivity contribution is -0.117. The van der Waals surface area contributed by atoms with Gasteiger partial charge in [-0.3, -0.25) is 9.69 Å². The maximum absolute atomic E-state index is 12.2. The van der Waals surface area contributed by atoms with Crippen molar-refractivity contribution in [3.05, 3.63) is 23.8 Å². The fraction of sp³-hybridized carbons (Fsp3) is 0.562. The summed E-state index contributed by atoms with van der Waals surface area (Å²) in [6, 6.07) is 6.05. The molecule has 4 heteroatoms. The smallest absolute Gasteiger partial charge is 0.238 e. The Balaban J connectivity index is 1.96. The molecule has 1 saturated carbocycles. The predicted molar refractivity (Wildman–Crippen MR) is 83.7 cm³/mol. The first kappa shape index (κ1) is 14.9. The van der Waals surface area contributed by atoms with E-state index in [4.69, 9.17) is 5.73 Å². The SMILES string of the molecule is Cc1cccc(N)c1NC(=O)CN(CC1CC1)C(C)C. The molecule has 0 saturated heterocycles. The number of para-hydroxylation sites is 1. The van der Waals surface area contributed by atoms with E-state index < -0.39 is 0 Å². The molecule has 0 aliphatic heterocycles. The molecule has 1 aromatic carbocycles. The lowest BCUT2D eigenvalue weighted by Gasteiger charge is -2.26. The van der Waals surface area contributed by atoms with Crippen molar-refractivity contribution in [2.45, 2.75) is 39.7 Å². The first-order valence-electron chi connectivity index (χ1n) is 7.36. The van der Waals surface area contributed by atoms with Crippen molar-refractivity contribution in [2.75, 3.05) is 24.1 Å². The van der Waals surface area contributed by atoms with Gasteiger partial charge in [0.05, 0.1) is 17.9 Å². The highest BCUT2D eigenvalue weighted by molar-refractivity contribution is 5.96. The van der Waals surface area contributed by atoms with Gasteiger partial charge < -0.3 is 11.1 Å².